The number of pyridine rings is 3. The first kappa shape index (κ1) is 53.2. The molecule has 254 valence electrons. The third-order valence-electron chi connectivity index (χ3n) is 6.73. The van der Waals surface area contributed by atoms with Crippen molar-refractivity contribution in [1.29, 1.82) is 0 Å². The maximum absolute atomic E-state index is 11.3. The van der Waals surface area contributed by atoms with Crippen molar-refractivity contribution < 1.29 is 199 Å². The van der Waals surface area contributed by atoms with E-state index in [9.17, 15) is 39.6 Å². The van der Waals surface area contributed by atoms with Crippen LogP contribution < -0.4 is 158 Å². The molecule has 0 atom stereocenters. The zero-order valence-corrected chi connectivity index (χ0v) is 40.2. The minimum Gasteiger partial charge on any atom is -1.00 e. The molecule has 0 aliphatic rings. The zero-order chi connectivity index (χ0) is 34.1. The van der Waals surface area contributed by atoms with Gasteiger partial charge >= 0.3 is 172 Å². The van der Waals surface area contributed by atoms with E-state index >= 15 is 0 Å². The third-order valence-corrected chi connectivity index (χ3v) is 6.73. The summed E-state index contributed by atoms with van der Waals surface area (Å²) in [5.41, 5.74) is 10.5. The second-order valence-corrected chi connectivity index (χ2v) is 10.5. The van der Waals surface area contributed by atoms with Crippen LogP contribution in [0.3, 0.4) is 0 Å². The normalized spacial score (nSPS) is 9.98. The number of anilines is 1. The summed E-state index contributed by atoms with van der Waals surface area (Å²) in [4.78, 5) is 61.8. The van der Waals surface area contributed by atoms with Gasteiger partial charge in [0, 0.05) is 13.1 Å². The summed E-state index contributed by atoms with van der Waals surface area (Å²) in [7, 11) is 1.51. The molecule has 15 nitrogen and oxygen atoms in total. The summed E-state index contributed by atoms with van der Waals surface area (Å²) in [6.45, 7) is -2.05. The van der Waals surface area contributed by atoms with Crippen LogP contribution in [0.25, 0.3) is 33.9 Å². The van der Waals surface area contributed by atoms with Crippen molar-refractivity contribution in [3.05, 3.63) is 78.1 Å². The Morgan fingerprint density at radius 3 is 1.35 bits per heavy atom. The molecule has 0 bridgehead atoms. The number of nitrogens with zero attached hydrogens (tertiary/aromatic N) is 5. The van der Waals surface area contributed by atoms with Crippen LogP contribution in [0.15, 0.2) is 66.7 Å². The standard InChI is InChI=1S/C32H32N6O9.5Na.5H/c1-47-28-9-8-19(10-23(28)33)20-11-26(24-6-2-4-21(34-24)13-37(15-29(39)40)16-30(41)42)36-27(12-20)25-7-3-5-22(35-25)14-38(17-31(43)44)18-32(45)46;;;;;;;;;;/h2-12H,13-18,33H2,1H3,(H,39,40)(H,41,42)(H,43,44)(H,45,46);;;;;;;;;;/q;5*+1;5*-1. The van der Waals surface area contributed by atoms with Crippen molar-refractivity contribution in [1.82, 2.24) is 24.8 Å². The fraction of sp³-hybridized carbons (Fsp3) is 0.219. The molecular weight excluding hydrogens is 727 g/mol. The zero-order valence-electron chi connectivity index (χ0n) is 35.2. The Bertz CT molecular complexity index is 1720. The fourth-order valence-corrected chi connectivity index (χ4v) is 4.85. The van der Waals surface area contributed by atoms with Crippen molar-refractivity contribution in [3.63, 3.8) is 0 Å². The smallest absolute Gasteiger partial charge is 1.00 e. The number of hydrogen-bond donors (Lipinski definition) is 5. The van der Waals surface area contributed by atoms with Crippen LogP contribution in [-0.4, -0.2) is 102 Å². The number of aliphatic carboxylic acids is 4. The molecule has 0 fully saturated rings. The summed E-state index contributed by atoms with van der Waals surface area (Å²) in [6.07, 6.45) is 0. The van der Waals surface area contributed by atoms with E-state index in [4.69, 9.17) is 15.5 Å². The second-order valence-electron chi connectivity index (χ2n) is 10.5. The molecule has 0 saturated heterocycles. The molecule has 4 aromatic rings. The topological polar surface area (TPSA) is 230 Å². The molecule has 0 aliphatic carbocycles. The van der Waals surface area contributed by atoms with Gasteiger partial charge in [0.1, 0.15) is 5.75 Å². The second kappa shape index (κ2) is 26.0. The Hall–Kier alpha value is -0.930. The molecule has 0 aliphatic heterocycles. The van der Waals surface area contributed by atoms with E-state index in [0.29, 0.717) is 51.2 Å². The first-order chi connectivity index (χ1) is 22.4. The number of carbonyl (C=O) groups is 4. The Morgan fingerprint density at radius 2 is 1.00 bits per heavy atom. The van der Waals surface area contributed by atoms with Crippen LogP contribution in [0.2, 0.25) is 0 Å². The summed E-state index contributed by atoms with van der Waals surface area (Å²) in [5.74, 6) is -4.22. The summed E-state index contributed by atoms with van der Waals surface area (Å²) in [5, 5.41) is 37.0. The summed E-state index contributed by atoms with van der Waals surface area (Å²) >= 11 is 0. The maximum Gasteiger partial charge on any atom is 1.00 e. The van der Waals surface area contributed by atoms with Crippen molar-refractivity contribution in [3.8, 4) is 39.7 Å². The van der Waals surface area contributed by atoms with Crippen LogP contribution in [0.1, 0.15) is 18.5 Å². The predicted octanol–water partition coefficient (Wildman–Crippen LogP) is -12.0. The van der Waals surface area contributed by atoms with Gasteiger partial charge in [-0.25, -0.2) is 15.0 Å². The minimum atomic E-state index is -1.18. The number of nitrogen functional groups attached to an aromatic ring is 1. The minimum absolute atomic E-state index is 0. The Kier molecular flexibility index (Phi) is 26.6. The molecule has 6 N–H and O–H groups in total. The number of hydrogen-bond acceptors (Lipinski definition) is 11. The number of aromatic nitrogens is 3. The molecule has 0 spiro atoms. The number of methoxy groups -OCH3 is 1. The monoisotopic (exact) mass is 764 g/mol. The molecule has 0 radical (unpaired) electrons. The Morgan fingerprint density at radius 1 is 0.596 bits per heavy atom. The van der Waals surface area contributed by atoms with Gasteiger partial charge in [-0.1, -0.05) is 18.2 Å². The molecule has 0 amide bonds. The average Bonchev–Trinajstić information content (AvgIpc) is 2.99. The van der Waals surface area contributed by atoms with Crippen LogP contribution in [0.5, 0.6) is 5.75 Å². The number of rotatable bonds is 16. The molecule has 0 unspecified atom stereocenters. The van der Waals surface area contributed by atoms with E-state index < -0.39 is 50.1 Å². The average molecular weight is 765 g/mol. The predicted molar refractivity (Wildman–Crippen MR) is 174 cm³/mol. The summed E-state index contributed by atoms with van der Waals surface area (Å²) in [6, 6.07) is 19.0. The van der Waals surface area contributed by atoms with Crippen LogP contribution >= 0.6 is 0 Å². The molecule has 1 aromatic carbocycles. The van der Waals surface area contributed by atoms with E-state index in [1.165, 1.54) is 16.9 Å². The van der Waals surface area contributed by atoms with Gasteiger partial charge < -0.3 is 38.0 Å². The van der Waals surface area contributed by atoms with Crippen molar-refractivity contribution >= 4 is 29.6 Å². The molecule has 3 heterocycles. The van der Waals surface area contributed by atoms with Gasteiger partial charge in [-0.2, -0.15) is 0 Å². The molecule has 52 heavy (non-hydrogen) atoms. The number of carboxylic acids is 4. The quantitative estimate of drug-likeness (QED) is 0.0527. The fourth-order valence-electron chi connectivity index (χ4n) is 4.85. The molecule has 4 rings (SSSR count). The first-order valence-electron chi connectivity index (χ1n) is 14.1. The van der Waals surface area contributed by atoms with Gasteiger partial charge in [0.15, 0.2) is 0 Å². The summed E-state index contributed by atoms with van der Waals surface area (Å²) < 4.78 is 5.30. The number of nitrogens with two attached hydrogens (primary N) is 1. The van der Waals surface area contributed by atoms with Crippen LogP contribution in [-0.2, 0) is 32.3 Å². The Balaban J connectivity index is -0.000000500. The van der Waals surface area contributed by atoms with Crippen LogP contribution in [0, 0.1) is 0 Å². The largest absolute Gasteiger partial charge is 1.00 e. The van der Waals surface area contributed by atoms with Crippen molar-refractivity contribution in [2.45, 2.75) is 13.1 Å². The molecule has 3 aromatic heterocycles. The number of ether oxygens (including phenoxy) is 1. The molecule has 20 heteroatoms. The van der Waals surface area contributed by atoms with Gasteiger partial charge in [-0.05, 0) is 59.7 Å². The molecule has 0 saturated carbocycles. The van der Waals surface area contributed by atoms with Crippen LogP contribution in [0.4, 0.5) is 5.69 Å². The van der Waals surface area contributed by atoms with Crippen molar-refractivity contribution in [2.24, 2.45) is 0 Å². The number of benzene rings is 1. The SMILES string of the molecule is COc1ccc(-c2cc(-c3cccc(CN(CC(=O)O)CC(=O)O)n3)nc(-c3cccc(CN(CC(=O)O)CC(=O)O)n3)c2)cc1N.[H-].[H-].[H-].[H-].[H-].[Na+].[Na+].[Na+].[Na+].[Na+]. The first-order valence-corrected chi connectivity index (χ1v) is 14.1. The van der Waals surface area contributed by atoms with E-state index in [2.05, 4.69) is 9.97 Å². The van der Waals surface area contributed by atoms with Gasteiger partial charge in [-0.3, -0.25) is 29.0 Å². The van der Waals surface area contributed by atoms with Gasteiger partial charge in [0.05, 0.1) is 73.1 Å². The van der Waals surface area contributed by atoms with E-state index in [-0.39, 0.29) is 168 Å². The van der Waals surface area contributed by atoms with E-state index in [0.717, 1.165) is 5.56 Å². The van der Waals surface area contributed by atoms with Crippen molar-refractivity contribution in [2.75, 3.05) is 39.0 Å². The molecular formula is C32H37N6Na5O9. The van der Waals surface area contributed by atoms with Gasteiger partial charge in [0.2, 0.25) is 0 Å². The number of carboxylic acid groups (broad SMARTS) is 4. The van der Waals surface area contributed by atoms with E-state index in [1.807, 2.05) is 6.07 Å². The third kappa shape index (κ3) is 16.8. The maximum atomic E-state index is 11.3. The van der Waals surface area contributed by atoms with Gasteiger partial charge in [0.25, 0.3) is 0 Å². The van der Waals surface area contributed by atoms with E-state index in [1.54, 1.807) is 60.7 Å². The van der Waals surface area contributed by atoms with Gasteiger partial charge in [-0.15, -0.1) is 0 Å². The Labute approximate surface area is 418 Å².